The molecule has 0 aromatic carbocycles. The monoisotopic (exact) mass is 112 g/mol. The third-order valence-corrected chi connectivity index (χ3v) is 0.745. The fraction of sp³-hybridized carbons (Fsp3) is 0. The van der Waals surface area contributed by atoms with Gasteiger partial charge in [-0.05, 0) is 0 Å². The van der Waals surface area contributed by atoms with E-state index in [4.69, 9.17) is 5.11 Å². The predicted molar refractivity (Wildman–Crippen MR) is 26.8 cm³/mol. The molecule has 1 aliphatic rings. The highest BCUT2D eigenvalue weighted by Gasteiger charge is 2.19. The van der Waals surface area contributed by atoms with Crippen molar-refractivity contribution in [1.82, 2.24) is 5.43 Å². The molecule has 0 bridgehead atoms. The van der Waals surface area contributed by atoms with Crippen molar-refractivity contribution in [3.8, 4) is 0 Å². The minimum atomic E-state index is -0.959. The first-order chi connectivity index (χ1) is 3.80. The summed E-state index contributed by atoms with van der Waals surface area (Å²) >= 11 is 0. The molecule has 1 aliphatic heterocycles. The minimum absolute atomic E-state index is 0.185. The summed E-state index contributed by atoms with van der Waals surface area (Å²) in [5, 5.41) is 11.7. The Morgan fingerprint density at radius 1 is 1.88 bits per heavy atom. The molecular weight excluding hydrogens is 108 g/mol. The first-order valence-corrected chi connectivity index (χ1v) is 2.03. The van der Waals surface area contributed by atoms with Gasteiger partial charge in [0.1, 0.15) is 0 Å². The Labute approximate surface area is 46.2 Å². The number of carboxylic acids is 1. The van der Waals surface area contributed by atoms with Gasteiger partial charge in [0.25, 0.3) is 0 Å². The number of carbonyl (C=O) groups is 1. The zero-order chi connectivity index (χ0) is 5.98. The molecule has 2 N–H and O–H groups in total. The largest absolute Gasteiger partial charge is 0.480 e. The van der Waals surface area contributed by atoms with Crippen LogP contribution in [0, 0.1) is 12.5 Å². The van der Waals surface area contributed by atoms with Crippen molar-refractivity contribution < 1.29 is 9.90 Å². The standard InChI is InChI=1S/C4H4N2O2/c7-4(8)3-1-5-6-2-3/h1-2,5H,(H,7,8). The molecule has 0 unspecified atom stereocenters. The average Bonchev–Trinajstić information content (AvgIpc) is 2.12. The van der Waals surface area contributed by atoms with Crippen molar-refractivity contribution in [3.05, 3.63) is 12.5 Å². The maximum atomic E-state index is 10.0. The van der Waals surface area contributed by atoms with Gasteiger partial charge in [0.2, 0.25) is 0 Å². The second-order valence-electron chi connectivity index (χ2n) is 1.29. The van der Waals surface area contributed by atoms with Crippen LogP contribution in [0.15, 0.2) is 5.10 Å². The van der Waals surface area contributed by atoms with E-state index in [9.17, 15) is 4.79 Å². The van der Waals surface area contributed by atoms with Gasteiger partial charge >= 0.3 is 5.97 Å². The van der Waals surface area contributed by atoms with E-state index in [0.29, 0.717) is 0 Å². The van der Waals surface area contributed by atoms with Crippen LogP contribution in [0.1, 0.15) is 0 Å². The predicted octanol–water partition coefficient (Wildman–Crippen LogP) is -0.604. The lowest BCUT2D eigenvalue weighted by Gasteiger charge is -1.91. The van der Waals surface area contributed by atoms with Crippen molar-refractivity contribution in [1.29, 1.82) is 0 Å². The van der Waals surface area contributed by atoms with E-state index in [2.05, 4.69) is 10.5 Å². The highest BCUT2D eigenvalue weighted by Crippen LogP contribution is 2.02. The Kier molecular flexibility index (Phi) is 1.15. The van der Waals surface area contributed by atoms with E-state index >= 15 is 0 Å². The summed E-state index contributed by atoms with van der Waals surface area (Å²) in [6.45, 7) is 1.32. The first-order valence-electron chi connectivity index (χ1n) is 2.03. The lowest BCUT2D eigenvalue weighted by molar-refractivity contribution is -0.133. The van der Waals surface area contributed by atoms with Crippen LogP contribution in [0.3, 0.4) is 0 Å². The van der Waals surface area contributed by atoms with Gasteiger partial charge in [-0.1, -0.05) is 0 Å². The Hall–Kier alpha value is -1.06. The summed E-state index contributed by atoms with van der Waals surface area (Å²) in [5.41, 5.74) is 2.38. The minimum Gasteiger partial charge on any atom is -0.480 e. The summed E-state index contributed by atoms with van der Waals surface area (Å²) in [7, 11) is 0. The molecule has 42 valence electrons. The van der Waals surface area contributed by atoms with Crippen molar-refractivity contribution >= 4 is 12.2 Å². The normalized spacial score (nSPS) is 18.5. The van der Waals surface area contributed by atoms with Crippen LogP contribution in [0.2, 0.25) is 0 Å². The molecular formula is C4H4N2O2. The van der Waals surface area contributed by atoms with Crippen LogP contribution in [0.4, 0.5) is 0 Å². The summed E-state index contributed by atoms with van der Waals surface area (Å²) < 4.78 is 0. The average molecular weight is 112 g/mol. The van der Waals surface area contributed by atoms with E-state index in [1.807, 2.05) is 0 Å². The maximum absolute atomic E-state index is 10.0. The fourth-order valence-corrected chi connectivity index (χ4v) is 0.368. The molecule has 0 aromatic rings. The van der Waals surface area contributed by atoms with Gasteiger partial charge in [0.05, 0.1) is 6.54 Å². The van der Waals surface area contributed by atoms with Gasteiger partial charge in [-0.2, -0.15) is 5.10 Å². The molecule has 0 spiro atoms. The van der Waals surface area contributed by atoms with Gasteiger partial charge < -0.3 is 10.5 Å². The molecule has 0 aliphatic carbocycles. The molecule has 0 saturated heterocycles. The Morgan fingerprint density at radius 3 is 2.88 bits per heavy atom. The maximum Gasteiger partial charge on any atom is 0.319 e. The molecule has 0 aromatic heterocycles. The smallest absolute Gasteiger partial charge is 0.319 e. The van der Waals surface area contributed by atoms with Gasteiger partial charge in [0, 0.05) is 6.21 Å². The van der Waals surface area contributed by atoms with Crippen LogP contribution >= 0.6 is 0 Å². The molecule has 4 nitrogen and oxygen atoms in total. The van der Waals surface area contributed by atoms with Crippen LogP contribution < -0.4 is 5.43 Å². The zero-order valence-corrected chi connectivity index (χ0v) is 3.96. The third kappa shape index (κ3) is 0.776. The van der Waals surface area contributed by atoms with Crippen LogP contribution in [0.5, 0.6) is 0 Å². The first kappa shape index (κ1) is 5.08. The highest BCUT2D eigenvalue weighted by atomic mass is 16.4. The quantitative estimate of drug-likeness (QED) is 0.476. The number of carboxylic acid groups (broad SMARTS) is 1. The SMILES string of the molecule is O=C(O)[C]1[CH]NN=C1. The lowest BCUT2D eigenvalue weighted by Crippen LogP contribution is -2.11. The van der Waals surface area contributed by atoms with Crippen LogP contribution in [0.25, 0.3) is 0 Å². The summed E-state index contributed by atoms with van der Waals surface area (Å²) in [6.07, 6.45) is 1.25. The molecule has 1 rings (SSSR count). The molecule has 2 radical (unpaired) electrons. The number of rotatable bonds is 1. The molecule has 0 atom stereocenters. The van der Waals surface area contributed by atoms with Crippen molar-refractivity contribution in [2.24, 2.45) is 5.10 Å². The zero-order valence-electron chi connectivity index (χ0n) is 3.96. The van der Waals surface area contributed by atoms with E-state index in [0.717, 1.165) is 0 Å². The van der Waals surface area contributed by atoms with Gasteiger partial charge in [0.15, 0.2) is 5.92 Å². The van der Waals surface area contributed by atoms with E-state index < -0.39 is 5.97 Å². The summed E-state index contributed by atoms with van der Waals surface area (Å²) in [4.78, 5) is 10.0. The summed E-state index contributed by atoms with van der Waals surface area (Å²) in [6, 6.07) is 0. The number of nitrogens with one attached hydrogen (secondary N) is 1. The van der Waals surface area contributed by atoms with E-state index in [1.54, 1.807) is 0 Å². The molecule has 0 fully saturated rings. The molecule has 1 heterocycles. The summed E-state index contributed by atoms with van der Waals surface area (Å²) in [5.74, 6) is -0.774. The second-order valence-corrected chi connectivity index (χ2v) is 1.29. The van der Waals surface area contributed by atoms with Gasteiger partial charge in [-0.15, -0.1) is 0 Å². The van der Waals surface area contributed by atoms with Crippen LogP contribution in [-0.2, 0) is 4.79 Å². The topological polar surface area (TPSA) is 61.7 Å². The number of aliphatic carboxylic acids is 1. The number of hydrazone groups is 1. The Bertz CT molecular complexity index is 132. The molecule has 8 heavy (non-hydrogen) atoms. The Balaban J connectivity index is 2.48. The van der Waals surface area contributed by atoms with Crippen LogP contribution in [-0.4, -0.2) is 17.3 Å². The van der Waals surface area contributed by atoms with Crippen molar-refractivity contribution in [2.45, 2.75) is 0 Å². The van der Waals surface area contributed by atoms with Crippen molar-refractivity contribution in [3.63, 3.8) is 0 Å². The lowest BCUT2D eigenvalue weighted by atomic mass is 10.2. The molecule has 0 saturated carbocycles. The third-order valence-electron chi connectivity index (χ3n) is 0.745. The van der Waals surface area contributed by atoms with Gasteiger partial charge in [-0.25, -0.2) is 0 Å². The number of hydrogen-bond acceptors (Lipinski definition) is 3. The molecule has 4 heteroatoms. The highest BCUT2D eigenvalue weighted by molar-refractivity contribution is 6.07. The Morgan fingerprint density at radius 2 is 2.62 bits per heavy atom. The second kappa shape index (κ2) is 1.81. The van der Waals surface area contributed by atoms with Crippen molar-refractivity contribution in [2.75, 3.05) is 0 Å². The fourth-order valence-electron chi connectivity index (χ4n) is 0.368. The number of nitrogens with zero attached hydrogens (tertiary/aromatic N) is 1. The number of hydrogen-bond donors (Lipinski definition) is 2. The molecule has 0 amide bonds. The van der Waals surface area contributed by atoms with E-state index in [-0.39, 0.29) is 5.92 Å². The van der Waals surface area contributed by atoms with Gasteiger partial charge in [-0.3, -0.25) is 4.79 Å². The van der Waals surface area contributed by atoms with E-state index in [1.165, 1.54) is 12.8 Å².